The summed E-state index contributed by atoms with van der Waals surface area (Å²) in [5.41, 5.74) is -0.486. The van der Waals surface area contributed by atoms with Crippen molar-refractivity contribution in [2.45, 2.75) is 98.7 Å². The van der Waals surface area contributed by atoms with E-state index in [2.05, 4.69) is 40.7 Å². The van der Waals surface area contributed by atoms with Gasteiger partial charge in [-0.15, -0.1) is 0 Å². The van der Waals surface area contributed by atoms with E-state index in [1.165, 1.54) is 0 Å². The molecule has 2 N–H and O–H groups in total. The van der Waals surface area contributed by atoms with Crippen LogP contribution in [0.5, 0.6) is 0 Å². The second kappa shape index (κ2) is 7.45. The first-order valence-corrected chi connectivity index (χ1v) is 13.8. The molecule has 36 heavy (non-hydrogen) atoms. The summed E-state index contributed by atoms with van der Waals surface area (Å²) in [5.74, 6) is -0.313. The van der Waals surface area contributed by atoms with Crippen molar-refractivity contribution < 1.29 is 19.6 Å². The van der Waals surface area contributed by atoms with Gasteiger partial charge < -0.3 is 10.0 Å². The Hall–Kier alpha value is -1.71. The van der Waals surface area contributed by atoms with Crippen molar-refractivity contribution in [3.05, 3.63) is 23.3 Å². The van der Waals surface area contributed by atoms with Crippen LogP contribution >= 0.6 is 0 Å². The van der Waals surface area contributed by atoms with Crippen molar-refractivity contribution in [1.82, 2.24) is 0 Å². The normalized spacial score (nSPS) is 46.7. The number of hydrogen-bond donors (Lipinski definition) is 2. The molecule has 3 fully saturated rings. The predicted molar refractivity (Wildman–Crippen MR) is 139 cm³/mol. The smallest absolute Gasteiger partial charge is 0.427 e. The molecule has 0 amide bonds. The Labute approximate surface area is 216 Å². The van der Waals surface area contributed by atoms with Crippen molar-refractivity contribution >= 4 is 18.7 Å². The van der Waals surface area contributed by atoms with Gasteiger partial charge in [0.15, 0.2) is 11.6 Å². The standard InChI is InChI=1S/C30H42BNO4/c1-25(2)10-12-30(31(35)36)13-11-29(7)23(19(30)16-25)20(33)14-22-27(5)15-18(17-32)24(34)26(3,4)21(27)8-9-28(22,29)6/h14-15,19,21,23,35-36H,8-13,16H2,1-7H3/t19-,21-,23-,27-,28+,29+,30-/m0/s1. The Morgan fingerprint density at radius 2 is 1.61 bits per heavy atom. The highest BCUT2D eigenvalue weighted by atomic mass is 16.4. The van der Waals surface area contributed by atoms with Gasteiger partial charge in [-0.25, -0.2) is 0 Å². The zero-order valence-electron chi connectivity index (χ0n) is 23.1. The molecule has 0 aliphatic heterocycles. The molecule has 3 saturated carbocycles. The largest absolute Gasteiger partial charge is 0.458 e. The summed E-state index contributed by atoms with van der Waals surface area (Å²) >= 11 is 0. The van der Waals surface area contributed by atoms with E-state index in [1.807, 2.05) is 26.0 Å². The van der Waals surface area contributed by atoms with Crippen molar-refractivity contribution in [2.75, 3.05) is 0 Å². The number of Topliss-reactive ketones (excluding diaryl/α,β-unsaturated/α-hetero) is 1. The van der Waals surface area contributed by atoms with Gasteiger partial charge in [-0.05, 0) is 79.1 Å². The molecule has 0 aromatic heterocycles. The monoisotopic (exact) mass is 491 g/mol. The molecule has 5 rings (SSSR count). The van der Waals surface area contributed by atoms with E-state index in [-0.39, 0.29) is 51.1 Å². The van der Waals surface area contributed by atoms with Gasteiger partial charge in [-0.2, -0.15) is 5.26 Å². The summed E-state index contributed by atoms with van der Waals surface area (Å²) in [6.07, 6.45) is 9.45. The minimum atomic E-state index is -1.42. The first-order valence-electron chi connectivity index (χ1n) is 13.8. The molecule has 0 aromatic rings. The van der Waals surface area contributed by atoms with E-state index in [1.54, 1.807) is 0 Å². The number of rotatable bonds is 1. The van der Waals surface area contributed by atoms with Gasteiger partial charge in [0.25, 0.3) is 0 Å². The zero-order chi connectivity index (χ0) is 26.7. The molecule has 0 spiro atoms. The third-order valence-electron chi connectivity index (χ3n) is 12.4. The van der Waals surface area contributed by atoms with Crippen LogP contribution in [0.3, 0.4) is 0 Å². The van der Waals surface area contributed by atoms with Gasteiger partial charge in [0.2, 0.25) is 0 Å². The zero-order valence-corrected chi connectivity index (χ0v) is 23.1. The van der Waals surface area contributed by atoms with Gasteiger partial charge in [-0.3, -0.25) is 9.59 Å². The number of ketones is 2. The molecule has 5 nitrogen and oxygen atoms in total. The van der Waals surface area contributed by atoms with Crippen molar-refractivity contribution in [3.8, 4) is 6.07 Å². The lowest BCUT2D eigenvalue weighted by Crippen LogP contribution is -2.65. The molecule has 5 aliphatic carbocycles. The average molecular weight is 491 g/mol. The maximum Gasteiger partial charge on any atom is 0.458 e. The Morgan fingerprint density at radius 3 is 2.22 bits per heavy atom. The van der Waals surface area contributed by atoms with Gasteiger partial charge in [0.05, 0.1) is 5.57 Å². The molecule has 0 radical (unpaired) electrons. The van der Waals surface area contributed by atoms with Gasteiger partial charge in [-0.1, -0.05) is 60.1 Å². The average Bonchev–Trinajstić information content (AvgIpc) is 2.77. The van der Waals surface area contributed by atoms with Gasteiger partial charge >= 0.3 is 7.12 Å². The quantitative estimate of drug-likeness (QED) is 0.477. The van der Waals surface area contributed by atoms with Crippen LogP contribution in [-0.4, -0.2) is 28.7 Å². The van der Waals surface area contributed by atoms with Crippen LogP contribution in [0.25, 0.3) is 0 Å². The number of carbonyl (C=O) groups excluding carboxylic acids is 2. The number of fused-ring (bicyclic) bond motifs is 7. The SMILES string of the molecule is CC1(C)CC[C@]2(B(O)O)CC[C@]3(C)[C@H](C(=O)C=C4[C@@]5(C)C=C(C#N)C(=O)C(C)(C)[C@@H]5CC[C@]43C)[C@@H]2C1. The molecular formula is C30H42BNO4. The minimum Gasteiger partial charge on any atom is -0.427 e. The third-order valence-corrected chi connectivity index (χ3v) is 12.4. The second-order valence-corrected chi connectivity index (χ2v) is 14.9. The summed E-state index contributed by atoms with van der Waals surface area (Å²) in [5, 5.41) is 30.6. The van der Waals surface area contributed by atoms with E-state index in [0.717, 1.165) is 44.1 Å². The maximum absolute atomic E-state index is 14.3. The van der Waals surface area contributed by atoms with E-state index in [9.17, 15) is 24.9 Å². The van der Waals surface area contributed by atoms with Crippen LogP contribution in [0.1, 0.15) is 93.4 Å². The molecule has 0 heterocycles. The van der Waals surface area contributed by atoms with Crippen LogP contribution in [0.2, 0.25) is 5.31 Å². The van der Waals surface area contributed by atoms with Crippen molar-refractivity contribution in [1.29, 1.82) is 5.26 Å². The van der Waals surface area contributed by atoms with E-state index < -0.39 is 23.3 Å². The molecule has 0 saturated heterocycles. The van der Waals surface area contributed by atoms with E-state index in [4.69, 9.17) is 0 Å². The fourth-order valence-electron chi connectivity index (χ4n) is 10.1. The van der Waals surface area contributed by atoms with E-state index >= 15 is 0 Å². The van der Waals surface area contributed by atoms with E-state index in [0.29, 0.717) is 6.42 Å². The molecule has 6 heteroatoms. The predicted octanol–water partition coefficient (Wildman–Crippen LogP) is 5.43. The van der Waals surface area contributed by atoms with Gasteiger partial charge in [0.1, 0.15) is 6.07 Å². The lowest BCUT2D eigenvalue weighted by molar-refractivity contribution is -0.155. The maximum atomic E-state index is 14.3. The summed E-state index contributed by atoms with van der Waals surface area (Å²) in [4.78, 5) is 27.4. The minimum absolute atomic E-state index is 0.0254. The summed E-state index contributed by atoms with van der Waals surface area (Å²) in [6.45, 7) is 15.1. The molecule has 7 atom stereocenters. The van der Waals surface area contributed by atoms with Crippen LogP contribution in [0.15, 0.2) is 23.3 Å². The Kier molecular flexibility index (Phi) is 5.36. The van der Waals surface area contributed by atoms with Crippen LogP contribution in [0.4, 0.5) is 0 Å². The van der Waals surface area contributed by atoms with Gasteiger partial charge in [0, 0.05) is 22.1 Å². The van der Waals surface area contributed by atoms with Crippen molar-refractivity contribution in [3.63, 3.8) is 0 Å². The number of nitriles is 1. The lowest BCUT2D eigenvalue weighted by atomic mass is 9.30. The Bertz CT molecular complexity index is 1140. The Balaban J connectivity index is 1.70. The Morgan fingerprint density at radius 1 is 0.972 bits per heavy atom. The first-order chi connectivity index (χ1) is 16.5. The topological polar surface area (TPSA) is 98.4 Å². The molecule has 0 bridgehead atoms. The second-order valence-electron chi connectivity index (χ2n) is 14.9. The third kappa shape index (κ3) is 2.96. The highest BCUT2D eigenvalue weighted by molar-refractivity contribution is 6.45. The highest BCUT2D eigenvalue weighted by Crippen LogP contribution is 2.76. The van der Waals surface area contributed by atoms with Crippen LogP contribution in [0, 0.1) is 56.2 Å². The summed E-state index contributed by atoms with van der Waals surface area (Å²) < 4.78 is 0. The highest BCUT2D eigenvalue weighted by Gasteiger charge is 2.71. The first kappa shape index (κ1) is 25.9. The molecule has 0 aromatic carbocycles. The number of nitrogens with zero attached hydrogens (tertiary/aromatic N) is 1. The molecular weight excluding hydrogens is 449 g/mol. The molecule has 194 valence electrons. The number of allylic oxidation sites excluding steroid dienone is 4. The fraction of sp³-hybridized carbons (Fsp3) is 0.767. The molecule has 0 unspecified atom stereocenters. The van der Waals surface area contributed by atoms with Crippen LogP contribution in [-0.2, 0) is 9.59 Å². The van der Waals surface area contributed by atoms with Crippen LogP contribution < -0.4 is 0 Å². The molecule has 5 aliphatic rings. The summed E-state index contributed by atoms with van der Waals surface area (Å²) in [6, 6.07) is 2.16. The number of carbonyl (C=O) groups is 2. The van der Waals surface area contributed by atoms with Crippen molar-refractivity contribution in [2.24, 2.45) is 44.8 Å². The summed E-state index contributed by atoms with van der Waals surface area (Å²) in [7, 11) is -1.42. The lowest BCUT2D eigenvalue weighted by Gasteiger charge is -2.69. The number of hydrogen-bond acceptors (Lipinski definition) is 5. The fourth-order valence-corrected chi connectivity index (χ4v) is 10.1.